The number of ether oxygens (including phenoxy) is 1. The Labute approximate surface area is 183 Å². The minimum atomic E-state index is -0.465. The summed E-state index contributed by atoms with van der Waals surface area (Å²) in [5.41, 5.74) is 5.95. The number of furan rings is 1. The molecule has 2 amide bonds. The lowest BCUT2D eigenvalue weighted by Crippen LogP contribution is -2.49. The number of carbonyl (C=O) groups excluding carboxylic acids is 2. The number of thiocarbonyl (C=S) groups is 1. The van der Waals surface area contributed by atoms with Gasteiger partial charge in [0.2, 0.25) is 5.91 Å². The molecule has 154 valence electrons. The van der Waals surface area contributed by atoms with Crippen molar-refractivity contribution in [3.63, 3.8) is 0 Å². The SMILES string of the molecule is CC(C)(C)c1ccc(OCC(=O)NNC(=S)NC(=O)/C=C/c2ccco2)c(Br)c1. The Morgan fingerprint density at radius 1 is 1.24 bits per heavy atom. The highest BCUT2D eigenvalue weighted by Crippen LogP contribution is 2.31. The van der Waals surface area contributed by atoms with Gasteiger partial charge in [-0.1, -0.05) is 26.8 Å². The predicted molar refractivity (Wildman–Crippen MR) is 118 cm³/mol. The van der Waals surface area contributed by atoms with Gasteiger partial charge in [0.1, 0.15) is 11.5 Å². The number of rotatable bonds is 5. The minimum Gasteiger partial charge on any atom is -0.483 e. The molecule has 2 aromatic rings. The monoisotopic (exact) mass is 479 g/mol. The number of hydrogen-bond acceptors (Lipinski definition) is 5. The van der Waals surface area contributed by atoms with Crippen LogP contribution in [0.1, 0.15) is 32.1 Å². The lowest BCUT2D eigenvalue weighted by molar-refractivity contribution is -0.123. The molecule has 0 bridgehead atoms. The van der Waals surface area contributed by atoms with E-state index in [1.807, 2.05) is 18.2 Å². The Morgan fingerprint density at radius 3 is 2.62 bits per heavy atom. The van der Waals surface area contributed by atoms with Crippen molar-refractivity contribution in [3.8, 4) is 5.75 Å². The van der Waals surface area contributed by atoms with Crippen LogP contribution in [0.5, 0.6) is 5.75 Å². The second kappa shape index (κ2) is 10.2. The van der Waals surface area contributed by atoms with Crippen molar-refractivity contribution in [2.45, 2.75) is 26.2 Å². The number of carbonyl (C=O) groups is 2. The molecule has 1 aromatic heterocycles. The number of benzene rings is 1. The number of halogens is 1. The Hall–Kier alpha value is -2.65. The molecule has 0 radical (unpaired) electrons. The molecule has 1 aromatic carbocycles. The third kappa shape index (κ3) is 7.71. The van der Waals surface area contributed by atoms with E-state index in [4.69, 9.17) is 21.4 Å². The lowest BCUT2D eigenvalue weighted by atomic mass is 9.87. The quantitative estimate of drug-likeness (QED) is 0.345. The van der Waals surface area contributed by atoms with E-state index >= 15 is 0 Å². The van der Waals surface area contributed by atoms with Crippen LogP contribution >= 0.6 is 28.1 Å². The first-order chi connectivity index (χ1) is 13.6. The van der Waals surface area contributed by atoms with E-state index in [0.717, 1.165) is 10.0 Å². The maximum absolute atomic E-state index is 11.9. The van der Waals surface area contributed by atoms with Crippen LogP contribution in [-0.2, 0) is 15.0 Å². The molecule has 0 fully saturated rings. The Balaban J connectivity index is 1.74. The van der Waals surface area contributed by atoms with Gasteiger partial charge in [0.05, 0.1) is 10.7 Å². The Bertz CT molecular complexity index is 905. The molecule has 0 aliphatic carbocycles. The minimum absolute atomic E-state index is 0.00954. The molecule has 0 aliphatic rings. The van der Waals surface area contributed by atoms with E-state index < -0.39 is 11.8 Å². The molecule has 1 heterocycles. The van der Waals surface area contributed by atoms with Gasteiger partial charge in [-0.3, -0.25) is 25.8 Å². The van der Waals surface area contributed by atoms with Crippen molar-refractivity contribution < 1.29 is 18.7 Å². The van der Waals surface area contributed by atoms with E-state index in [9.17, 15) is 9.59 Å². The summed E-state index contributed by atoms with van der Waals surface area (Å²) in [5.74, 6) is 0.157. The maximum Gasteiger partial charge on any atom is 0.276 e. The molecule has 0 saturated heterocycles. The van der Waals surface area contributed by atoms with Crippen LogP contribution in [0.2, 0.25) is 0 Å². The summed E-state index contributed by atoms with van der Waals surface area (Å²) in [6.07, 6.45) is 4.25. The van der Waals surface area contributed by atoms with E-state index in [2.05, 4.69) is 52.9 Å². The number of hydrazine groups is 1. The van der Waals surface area contributed by atoms with Crippen molar-refractivity contribution in [2.75, 3.05) is 6.61 Å². The summed E-state index contributed by atoms with van der Waals surface area (Å²) in [7, 11) is 0. The first-order valence-electron chi connectivity index (χ1n) is 8.69. The highest BCUT2D eigenvalue weighted by Gasteiger charge is 2.15. The van der Waals surface area contributed by atoms with Crippen molar-refractivity contribution >= 4 is 51.2 Å². The highest BCUT2D eigenvalue weighted by atomic mass is 79.9. The molecule has 0 unspecified atom stereocenters. The van der Waals surface area contributed by atoms with E-state index in [1.165, 1.54) is 18.4 Å². The molecular weight excluding hydrogens is 458 g/mol. The third-order valence-electron chi connectivity index (χ3n) is 3.65. The summed E-state index contributed by atoms with van der Waals surface area (Å²) < 4.78 is 11.3. The Morgan fingerprint density at radius 2 is 2.00 bits per heavy atom. The molecule has 7 nitrogen and oxygen atoms in total. The average Bonchev–Trinajstić information content (AvgIpc) is 3.16. The van der Waals surface area contributed by atoms with Crippen molar-refractivity contribution in [1.29, 1.82) is 0 Å². The van der Waals surface area contributed by atoms with Gasteiger partial charge in [-0.25, -0.2) is 0 Å². The molecule has 3 N–H and O–H groups in total. The largest absolute Gasteiger partial charge is 0.483 e. The zero-order valence-electron chi connectivity index (χ0n) is 16.2. The normalized spacial score (nSPS) is 11.2. The fourth-order valence-corrected chi connectivity index (χ4v) is 2.76. The molecule has 0 atom stereocenters. The Kier molecular flexibility index (Phi) is 7.98. The fraction of sp³-hybridized carbons (Fsp3) is 0.250. The van der Waals surface area contributed by atoms with Crippen molar-refractivity contribution in [3.05, 3.63) is 58.5 Å². The first kappa shape index (κ1) is 22.6. The number of hydrogen-bond donors (Lipinski definition) is 3. The third-order valence-corrected chi connectivity index (χ3v) is 4.47. The summed E-state index contributed by atoms with van der Waals surface area (Å²) in [5, 5.41) is 2.34. The van der Waals surface area contributed by atoms with E-state index in [0.29, 0.717) is 11.5 Å². The van der Waals surface area contributed by atoms with Crippen LogP contribution in [0.25, 0.3) is 6.08 Å². The van der Waals surface area contributed by atoms with Gasteiger partial charge in [0.15, 0.2) is 11.7 Å². The van der Waals surface area contributed by atoms with Gasteiger partial charge < -0.3 is 9.15 Å². The topological polar surface area (TPSA) is 92.6 Å². The van der Waals surface area contributed by atoms with Gasteiger partial charge in [0, 0.05) is 6.08 Å². The maximum atomic E-state index is 11.9. The first-order valence-corrected chi connectivity index (χ1v) is 9.89. The smallest absolute Gasteiger partial charge is 0.276 e. The van der Waals surface area contributed by atoms with Gasteiger partial charge >= 0.3 is 0 Å². The van der Waals surface area contributed by atoms with E-state index in [1.54, 1.807) is 12.1 Å². The van der Waals surface area contributed by atoms with Gasteiger partial charge in [-0.2, -0.15) is 0 Å². The predicted octanol–water partition coefficient (Wildman–Crippen LogP) is 3.45. The fourth-order valence-electron chi connectivity index (χ4n) is 2.12. The van der Waals surface area contributed by atoms with E-state index in [-0.39, 0.29) is 17.1 Å². The molecule has 29 heavy (non-hydrogen) atoms. The lowest BCUT2D eigenvalue weighted by Gasteiger charge is -2.20. The van der Waals surface area contributed by atoms with Crippen LogP contribution < -0.4 is 20.9 Å². The van der Waals surface area contributed by atoms with Crippen LogP contribution in [-0.4, -0.2) is 23.5 Å². The van der Waals surface area contributed by atoms with Gasteiger partial charge in [-0.05, 0) is 69.5 Å². The van der Waals surface area contributed by atoms with Gasteiger partial charge in [-0.15, -0.1) is 0 Å². The van der Waals surface area contributed by atoms with Crippen molar-refractivity contribution in [2.24, 2.45) is 0 Å². The number of amides is 2. The second-order valence-electron chi connectivity index (χ2n) is 7.02. The second-order valence-corrected chi connectivity index (χ2v) is 8.29. The van der Waals surface area contributed by atoms with Gasteiger partial charge in [0.25, 0.3) is 5.91 Å². The average molecular weight is 480 g/mol. The van der Waals surface area contributed by atoms with Crippen LogP contribution in [0.3, 0.4) is 0 Å². The van der Waals surface area contributed by atoms with Crippen molar-refractivity contribution in [1.82, 2.24) is 16.2 Å². The summed E-state index contributed by atoms with van der Waals surface area (Å²) in [4.78, 5) is 23.6. The summed E-state index contributed by atoms with van der Waals surface area (Å²) in [6.45, 7) is 6.12. The molecule has 9 heteroatoms. The van der Waals surface area contributed by atoms with Crippen LogP contribution in [0.15, 0.2) is 51.6 Å². The molecule has 0 saturated carbocycles. The zero-order valence-corrected chi connectivity index (χ0v) is 18.6. The van der Waals surface area contributed by atoms with Crippen LogP contribution in [0.4, 0.5) is 0 Å². The summed E-state index contributed by atoms with van der Waals surface area (Å²) in [6, 6.07) is 9.14. The summed E-state index contributed by atoms with van der Waals surface area (Å²) >= 11 is 8.40. The zero-order chi connectivity index (χ0) is 21.4. The molecule has 2 rings (SSSR count). The number of nitrogens with one attached hydrogen (secondary N) is 3. The standard InChI is InChI=1S/C20H22BrN3O4S/c1-20(2,3)13-6-8-16(15(21)11-13)28-12-18(26)23-24-19(29)22-17(25)9-7-14-5-4-10-27-14/h4-11H,12H2,1-3H3,(H,23,26)(H2,22,24,25,29)/b9-7+. The molecule has 0 spiro atoms. The molecular formula is C20H22BrN3O4S. The highest BCUT2D eigenvalue weighted by molar-refractivity contribution is 9.10. The molecule has 0 aliphatic heterocycles. The van der Waals surface area contributed by atoms with Crippen LogP contribution in [0, 0.1) is 0 Å².